The Labute approximate surface area is 82.9 Å². The summed E-state index contributed by atoms with van der Waals surface area (Å²) >= 11 is 0. The molecule has 1 N–H and O–H groups in total. The van der Waals surface area contributed by atoms with E-state index in [2.05, 4.69) is 19.1 Å². The number of aliphatic hydroxyl groups excluding tert-OH is 1. The normalized spacial score (nSPS) is 13.8. The Balaban J connectivity index is 3.03. The molecule has 0 heterocycles. The summed E-state index contributed by atoms with van der Waals surface area (Å²) in [5, 5.41) is 9.00. The van der Waals surface area contributed by atoms with Gasteiger partial charge in [0.15, 0.2) is 0 Å². The van der Waals surface area contributed by atoms with E-state index >= 15 is 0 Å². The summed E-state index contributed by atoms with van der Waals surface area (Å²) in [6.07, 6.45) is 12.8. The molecule has 0 aliphatic rings. The maximum absolute atomic E-state index is 9.00. The molecule has 0 aliphatic heterocycles. The number of allylic oxidation sites excluding steroid dienone is 2. The summed E-state index contributed by atoms with van der Waals surface area (Å²) in [6, 6.07) is 0. The number of aliphatic hydroxyl groups is 1. The molecule has 0 bridgehead atoms. The van der Waals surface area contributed by atoms with Gasteiger partial charge in [-0.25, -0.2) is 0 Å². The van der Waals surface area contributed by atoms with Crippen LogP contribution in [0.5, 0.6) is 0 Å². The molecule has 13 heavy (non-hydrogen) atoms. The molecule has 0 aromatic rings. The van der Waals surface area contributed by atoms with Crippen LogP contribution in [0.15, 0.2) is 12.2 Å². The molecular weight excluding hydrogens is 160 g/mol. The van der Waals surface area contributed by atoms with Gasteiger partial charge in [0, 0.05) is 0 Å². The topological polar surface area (TPSA) is 20.2 Å². The zero-order valence-corrected chi connectivity index (χ0v) is 9.13. The maximum atomic E-state index is 9.00. The van der Waals surface area contributed by atoms with E-state index in [0.717, 1.165) is 19.3 Å². The summed E-state index contributed by atoms with van der Waals surface area (Å²) in [6.45, 7) is 4.08. The molecule has 0 radical (unpaired) electrons. The first-order chi connectivity index (χ1) is 6.27. The molecule has 0 amide bonds. The number of hydrogen-bond acceptors (Lipinski definition) is 1. The molecule has 0 aliphatic carbocycles. The Morgan fingerprint density at radius 3 is 2.23 bits per heavy atom. The van der Waals surface area contributed by atoms with Crippen molar-refractivity contribution in [1.82, 2.24) is 0 Å². The fourth-order valence-corrected chi connectivity index (χ4v) is 1.28. The molecule has 1 nitrogen and oxygen atoms in total. The molecule has 0 aromatic heterocycles. The van der Waals surface area contributed by atoms with Crippen molar-refractivity contribution in [3.63, 3.8) is 0 Å². The number of rotatable bonds is 8. The number of hydrogen-bond donors (Lipinski definition) is 1. The molecule has 0 saturated carbocycles. The van der Waals surface area contributed by atoms with Crippen LogP contribution in [0.3, 0.4) is 0 Å². The summed E-state index contributed by atoms with van der Waals surface area (Å²) in [5.41, 5.74) is 0. The zero-order valence-electron chi connectivity index (χ0n) is 9.13. The van der Waals surface area contributed by atoms with Gasteiger partial charge in [-0.15, -0.1) is 0 Å². The quantitative estimate of drug-likeness (QED) is 0.451. The van der Waals surface area contributed by atoms with Crippen LogP contribution in [-0.2, 0) is 0 Å². The second kappa shape index (κ2) is 9.79. The van der Waals surface area contributed by atoms with Crippen LogP contribution >= 0.6 is 0 Å². The molecule has 0 aromatic carbocycles. The lowest BCUT2D eigenvalue weighted by atomic mass is 10.1. The van der Waals surface area contributed by atoms with Gasteiger partial charge in [0.1, 0.15) is 0 Å². The van der Waals surface area contributed by atoms with Gasteiger partial charge in [-0.05, 0) is 39.0 Å². The smallest absolute Gasteiger partial charge is 0.0512 e. The van der Waals surface area contributed by atoms with E-state index in [9.17, 15) is 0 Å². The van der Waals surface area contributed by atoms with Gasteiger partial charge in [-0.2, -0.15) is 0 Å². The molecule has 1 unspecified atom stereocenters. The predicted molar refractivity (Wildman–Crippen MR) is 58.8 cm³/mol. The lowest BCUT2D eigenvalue weighted by molar-refractivity contribution is 0.182. The summed E-state index contributed by atoms with van der Waals surface area (Å²) in [5.74, 6) is 0. The minimum atomic E-state index is -0.131. The van der Waals surface area contributed by atoms with E-state index in [-0.39, 0.29) is 6.10 Å². The van der Waals surface area contributed by atoms with E-state index < -0.39 is 0 Å². The molecule has 0 rings (SSSR count). The second-order valence-electron chi connectivity index (χ2n) is 3.75. The van der Waals surface area contributed by atoms with Crippen LogP contribution in [-0.4, -0.2) is 11.2 Å². The summed E-state index contributed by atoms with van der Waals surface area (Å²) < 4.78 is 0. The molecule has 0 saturated heterocycles. The first-order valence-electron chi connectivity index (χ1n) is 5.60. The van der Waals surface area contributed by atoms with Crippen LogP contribution in [0.1, 0.15) is 58.8 Å². The predicted octanol–water partition coefficient (Wildman–Crippen LogP) is 3.67. The van der Waals surface area contributed by atoms with Crippen LogP contribution in [0.4, 0.5) is 0 Å². The van der Waals surface area contributed by atoms with Crippen LogP contribution in [0.25, 0.3) is 0 Å². The molecule has 0 spiro atoms. The van der Waals surface area contributed by atoms with Crippen LogP contribution in [0, 0.1) is 0 Å². The van der Waals surface area contributed by atoms with Gasteiger partial charge in [0.2, 0.25) is 0 Å². The van der Waals surface area contributed by atoms with Gasteiger partial charge in [0.05, 0.1) is 6.10 Å². The Kier molecular flexibility index (Phi) is 9.56. The fraction of sp³-hybridized carbons (Fsp3) is 0.833. The average molecular weight is 184 g/mol. The van der Waals surface area contributed by atoms with Gasteiger partial charge in [0.25, 0.3) is 0 Å². The highest BCUT2D eigenvalue weighted by Gasteiger charge is 1.92. The summed E-state index contributed by atoms with van der Waals surface area (Å²) in [7, 11) is 0. The third-order valence-electron chi connectivity index (χ3n) is 2.13. The minimum absolute atomic E-state index is 0.131. The minimum Gasteiger partial charge on any atom is -0.393 e. The van der Waals surface area contributed by atoms with E-state index in [1.54, 1.807) is 0 Å². The molecule has 1 heteroatoms. The van der Waals surface area contributed by atoms with Crippen molar-refractivity contribution in [1.29, 1.82) is 0 Å². The van der Waals surface area contributed by atoms with Crippen molar-refractivity contribution < 1.29 is 5.11 Å². The van der Waals surface area contributed by atoms with Crippen molar-refractivity contribution in [2.45, 2.75) is 64.9 Å². The third-order valence-corrected chi connectivity index (χ3v) is 2.13. The van der Waals surface area contributed by atoms with Gasteiger partial charge in [-0.1, -0.05) is 31.9 Å². The van der Waals surface area contributed by atoms with Crippen molar-refractivity contribution in [2.24, 2.45) is 0 Å². The average Bonchev–Trinajstić information content (AvgIpc) is 2.09. The molecule has 0 fully saturated rings. The molecular formula is C12H24O. The van der Waals surface area contributed by atoms with Crippen LogP contribution in [0.2, 0.25) is 0 Å². The fourth-order valence-electron chi connectivity index (χ4n) is 1.28. The second-order valence-corrected chi connectivity index (χ2v) is 3.75. The third kappa shape index (κ3) is 11.7. The van der Waals surface area contributed by atoms with E-state index in [1.807, 2.05) is 6.92 Å². The first kappa shape index (κ1) is 12.7. The Morgan fingerprint density at radius 1 is 1.08 bits per heavy atom. The highest BCUT2D eigenvalue weighted by molar-refractivity contribution is 4.81. The van der Waals surface area contributed by atoms with E-state index in [1.165, 1.54) is 25.7 Å². The Hall–Kier alpha value is -0.300. The maximum Gasteiger partial charge on any atom is 0.0512 e. The monoisotopic (exact) mass is 184 g/mol. The molecule has 1 atom stereocenters. The highest BCUT2D eigenvalue weighted by Crippen LogP contribution is 2.03. The van der Waals surface area contributed by atoms with Crippen molar-refractivity contribution in [3.8, 4) is 0 Å². The van der Waals surface area contributed by atoms with Crippen molar-refractivity contribution >= 4 is 0 Å². The van der Waals surface area contributed by atoms with Crippen molar-refractivity contribution in [3.05, 3.63) is 12.2 Å². The Bertz CT molecular complexity index is 116. The van der Waals surface area contributed by atoms with E-state index in [4.69, 9.17) is 5.11 Å². The lowest BCUT2D eigenvalue weighted by Gasteiger charge is -1.99. The van der Waals surface area contributed by atoms with Crippen molar-refractivity contribution in [2.75, 3.05) is 0 Å². The SMILES string of the molecule is CCCCCC=CCCCC(C)O. The highest BCUT2D eigenvalue weighted by atomic mass is 16.3. The van der Waals surface area contributed by atoms with Gasteiger partial charge >= 0.3 is 0 Å². The molecule has 78 valence electrons. The van der Waals surface area contributed by atoms with Gasteiger partial charge < -0.3 is 5.11 Å². The number of unbranched alkanes of at least 4 members (excludes halogenated alkanes) is 4. The zero-order chi connectivity index (χ0) is 9.94. The van der Waals surface area contributed by atoms with Crippen LogP contribution < -0.4 is 0 Å². The Morgan fingerprint density at radius 2 is 1.69 bits per heavy atom. The lowest BCUT2D eigenvalue weighted by Crippen LogP contribution is -1.97. The summed E-state index contributed by atoms with van der Waals surface area (Å²) in [4.78, 5) is 0. The van der Waals surface area contributed by atoms with Gasteiger partial charge in [-0.3, -0.25) is 0 Å². The standard InChI is InChI=1S/C12H24O/c1-3-4-5-6-7-8-9-10-11-12(2)13/h7-8,12-13H,3-6,9-11H2,1-2H3. The largest absolute Gasteiger partial charge is 0.393 e. The first-order valence-corrected chi connectivity index (χ1v) is 5.60. The van der Waals surface area contributed by atoms with E-state index in [0.29, 0.717) is 0 Å².